The van der Waals surface area contributed by atoms with Gasteiger partial charge in [-0.3, -0.25) is 4.79 Å². The van der Waals surface area contributed by atoms with Crippen LogP contribution in [0.15, 0.2) is 18.2 Å². The summed E-state index contributed by atoms with van der Waals surface area (Å²) in [5.41, 5.74) is 4.38. The number of fused-ring (bicyclic) bond motifs is 4. The topological polar surface area (TPSA) is 75.6 Å². The van der Waals surface area contributed by atoms with Crippen LogP contribution in [-0.4, -0.2) is 25.7 Å². The normalized spacial score (nSPS) is 16.0. The van der Waals surface area contributed by atoms with E-state index >= 15 is 0 Å². The number of hydrogen-bond acceptors (Lipinski definition) is 3. The fourth-order valence-corrected chi connectivity index (χ4v) is 4.22. The fourth-order valence-electron chi connectivity index (χ4n) is 4.22. The summed E-state index contributed by atoms with van der Waals surface area (Å²) in [6.45, 7) is 1.37. The molecule has 6 nitrogen and oxygen atoms in total. The van der Waals surface area contributed by atoms with Crippen LogP contribution in [0.1, 0.15) is 52.5 Å². The molecule has 5 rings (SSSR count). The van der Waals surface area contributed by atoms with Crippen LogP contribution in [-0.2, 0) is 32.4 Å². The molecule has 0 bridgehead atoms. The van der Waals surface area contributed by atoms with Crippen LogP contribution >= 0.6 is 0 Å². The summed E-state index contributed by atoms with van der Waals surface area (Å²) in [7, 11) is 0. The average Bonchev–Trinajstić information content (AvgIpc) is 3.33. The number of aromatic nitrogens is 4. The van der Waals surface area contributed by atoms with E-state index in [-0.39, 0.29) is 5.91 Å². The monoisotopic (exact) mass is 335 g/mol. The number of hydrogen-bond donors (Lipinski definition) is 2. The van der Waals surface area contributed by atoms with Gasteiger partial charge in [0.15, 0.2) is 5.82 Å². The van der Waals surface area contributed by atoms with Crippen molar-refractivity contribution in [3.63, 3.8) is 0 Å². The van der Waals surface area contributed by atoms with Gasteiger partial charge in [-0.1, -0.05) is 12.1 Å². The molecule has 0 atom stereocenters. The maximum Gasteiger partial charge on any atom is 0.253 e. The smallest absolute Gasteiger partial charge is 0.253 e. The van der Waals surface area contributed by atoms with E-state index in [0.717, 1.165) is 49.4 Å². The van der Waals surface area contributed by atoms with Gasteiger partial charge in [0.05, 0.1) is 17.6 Å². The van der Waals surface area contributed by atoms with E-state index in [9.17, 15) is 4.79 Å². The molecule has 0 radical (unpaired) electrons. The summed E-state index contributed by atoms with van der Waals surface area (Å²) in [5.74, 6) is 1.82. The first-order valence-corrected chi connectivity index (χ1v) is 9.13. The first-order chi connectivity index (χ1) is 12.3. The van der Waals surface area contributed by atoms with Gasteiger partial charge in [0.1, 0.15) is 5.82 Å². The fraction of sp³-hybridized carbons (Fsp3) is 0.421. The number of nitrogens with one attached hydrogen (secondary N) is 2. The zero-order valence-corrected chi connectivity index (χ0v) is 14.1. The molecule has 1 aromatic carbocycles. The number of carbonyl (C=O) groups is 1. The van der Waals surface area contributed by atoms with E-state index in [4.69, 9.17) is 0 Å². The maximum absolute atomic E-state index is 12.8. The van der Waals surface area contributed by atoms with Crippen molar-refractivity contribution in [2.75, 3.05) is 0 Å². The van der Waals surface area contributed by atoms with Gasteiger partial charge in [-0.2, -0.15) is 0 Å². The van der Waals surface area contributed by atoms with Crippen LogP contribution in [0.5, 0.6) is 0 Å². The molecule has 0 saturated heterocycles. The van der Waals surface area contributed by atoms with Crippen LogP contribution in [0.2, 0.25) is 0 Å². The average molecular weight is 335 g/mol. The van der Waals surface area contributed by atoms with Crippen molar-refractivity contribution in [1.82, 2.24) is 25.1 Å². The quantitative estimate of drug-likeness (QED) is 0.772. The van der Waals surface area contributed by atoms with Crippen LogP contribution in [0, 0.1) is 0 Å². The summed E-state index contributed by atoms with van der Waals surface area (Å²) in [5, 5.41) is 12.6. The molecule has 6 heteroatoms. The molecule has 1 amide bonds. The lowest BCUT2D eigenvalue weighted by Crippen LogP contribution is -2.25. The number of nitrogens with zero attached hydrogens (tertiary/aromatic N) is 3. The third-order valence-electron chi connectivity index (χ3n) is 5.47. The Bertz CT molecular complexity index is 968. The maximum atomic E-state index is 12.8. The molecule has 3 aromatic rings. The lowest BCUT2D eigenvalue weighted by molar-refractivity contribution is 0.0951. The molecule has 2 N–H and O–H groups in total. The number of aryl methyl sites for hydroxylation is 3. The summed E-state index contributed by atoms with van der Waals surface area (Å²) in [6.07, 6.45) is 6.73. The molecule has 0 spiro atoms. The number of amides is 1. The van der Waals surface area contributed by atoms with Crippen molar-refractivity contribution in [1.29, 1.82) is 0 Å². The predicted molar refractivity (Wildman–Crippen MR) is 94.5 cm³/mol. The Kier molecular flexibility index (Phi) is 3.36. The van der Waals surface area contributed by atoms with E-state index in [1.165, 1.54) is 29.5 Å². The minimum Gasteiger partial charge on any atom is -0.358 e. The van der Waals surface area contributed by atoms with Crippen LogP contribution in [0.3, 0.4) is 0 Å². The van der Waals surface area contributed by atoms with Crippen LogP contribution in [0.25, 0.3) is 10.9 Å². The molecule has 1 aliphatic carbocycles. The highest BCUT2D eigenvalue weighted by molar-refractivity contribution is 6.06. The largest absolute Gasteiger partial charge is 0.358 e. The van der Waals surface area contributed by atoms with Crippen molar-refractivity contribution in [2.24, 2.45) is 0 Å². The lowest BCUT2D eigenvalue weighted by Gasteiger charge is -2.10. The molecule has 25 heavy (non-hydrogen) atoms. The van der Waals surface area contributed by atoms with Gasteiger partial charge >= 0.3 is 0 Å². The standard InChI is InChI=1S/C19H21N5O/c25-19(20-11-17-23-22-16-9-4-10-24(16)17)14-7-3-6-13-12-5-1-2-8-15(12)21-18(13)14/h3,6-7,21H,1-2,4-5,8-11H2,(H,20,25). The van der Waals surface area contributed by atoms with Crippen LogP contribution in [0.4, 0.5) is 0 Å². The van der Waals surface area contributed by atoms with E-state index in [1.807, 2.05) is 12.1 Å². The van der Waals surface area contributed by atoms with Gasteiger partial charge in [0, 0.05) is 24.0 Å². The minimum atomic E-state index is -0.0560. The Balaban J connectivity index is 1.42. The third kappa shape index (κ3) is 2.35. The van der Waals surface area contributed by atoms with Crippen molar-refractivity contribution in [3.8, 4) is 0 Å². The highest BCUT2D eigenvalue weighted by Gasteiger charge is 2.21. The van der Waals surface area contributed by atoms with E-state index in [1.54, 1.807) is 0 Å². The molecule has 0 fully saturated rings. The summed E-state index contributed by atoms with van der Waals surface area (Å²) >= 11 is 0. The number of carbonyl (C=O) groups excluding carboxylic acids is 1. The number of benzene rings is 1. The van der Waals surface area contributed by atoms with Crippen molar-refractivity contribution in [2.45, 2.75) is 51.6 Å². The Morgan fingerprint density at radius 2 is 2.08 bits per heavy atom. The van der Waals surface area contributed by atoms with Gasteiger partial charge in [0.2, 0.25) is 0 Å². The Labute approximate surface area is 145 Å². The molecular weight excluding hydrogens is 314 g/mol. The lowest BCUT2D eigenvalue weighted by atomic mass is 9.95. The highest BCUT2D eigenvalue weighted by atomic mass is 16.1. The Morgan fingerprint density at radius 1 is 1.16 bits per heavy atom. The molecule has 2 aromatic heterocycles. The number of H-pyrrole nitrogens is 1. The first kappa shape index (κ1) is 14.7. The second kappa shape index (κ2) is 5.72. The minimum absolute atomic E-state index is 0.0560. The first-order valence-electron chi connectivity index (χ1n) is 9.13. The number of para-hydroxylation sites is 1. The summed E-state index contributed by atoms with van der Waals surface area (Å²) in [4.78, 5) is 16.3. The summed E-state index contributed by atoms with van der Waals surface area (Å²) in [6, 6.07) is 6.00. The van der Waals surface area contributed by atoms with E-state index in [0.29, 0.717) is 12.1 Å². The molecular formula is C19H21N5O. The second-order valence-corrected chi connectivity index (χ2v) is 6.99. The molecule has 128 valence electrons. The number of aromatic amines is 1. The molecule has 2 aliphatic rings. The highest BCUT2D eigenvalue weighted by Crippen LogP contribution is 2.30. The molecule has 3 heterocycles. The van der Waals surface area contributed by atoms with Crippen molar-refractivity contribution < 1.29 is 4.79 Å². The Morgan fingerprint density at radius 3 is 3.04 bits per heavy atom. The van der Waals surface area contributed by atoms with Gasteiger partial charge in [-0.05, 0) is 43.7 Å². The zero-order chi connectivity index (χ0) is 16.8. The summed E-state index contributed by atoms with van der Waals surface area (Å²) < 4.78 is 2.12. The van der Waals surface area contributed by atoms with Gasteiger partial charge in [0.25, 0.3) is 5.91 Å². The zero-order valence-electron chi connectivity index (χ0n) is 14.1. The van der Waals surface area contributed by atoms with Gasteiger partial charge < -0.3 is 14.9 Å². The molecule has 0 saturated carbocycles. The molecule has 0 unspecified atom stereocenters. The van der Waals surface area contributed by atoms with Crippen LogP contribution < -0.4 is 5.32 Å². The van der Waals surface area contributed by atoms with E-state index < -0.39 is 0 Å². The second-order valence-electron chi connectivity index (χ2n) is 6.99. The Hall–Kier alpha value is -2.63. The predicted octanol–water partition coefficient (Wildman–Crippen LogP) is 2.51. The third-order valence-corrected chi connectivity index (χ3v) is 5.47. The van der Waals surface area contributed by atoms with E-state index in [2.05, 4.69) is 31.1 Å². The number of rotatable bonds is 3. The SMILES string of the molecule is O=C(NCc1nnc2n1CCC2)c1cccc2c3c([nH]c12)CCCC3. The van der Waals surface area contributed by atoms with Crippen molar-refractivity contribution in [3.05, 3.63) is 46.7 Å². The van der Waals surface area contributed by atoms with Gasteiger partial charge in [-0.15, -0.1) is 10.2 Å². The van der Waals surface area contributed by atoms with Gasteiger partial charge in [-0.25, -0.2) is 0 Å². The molecule has 1 aliphatic heterocycles. The van der Waals surface area contributed by atoms with Crippen molar-refractivity contribution >= 4 is 16.8 Å².